The number of nitrogens with zero attached hydrogens (tertiary/aromatic N) is 1. The zero-order valence-corrected chi connectivity index (χ0v) is 9.53. The first-order valence-corrected chi connectivity index (χ1v) is 5.09. The first kappa shape index (κ1) is 10.7. The van der Waals surface area contributed by atoms with E-state index >= 15 is 0 Å². The van der Waals surface area contributed by atoms with Crippen LogP contribution in [0.25, 0.3) is 0 Å². The van der Waals surface area contributed by atoms with Crippen LogP contribution in [0.5, 0.6) is 0 Å². The maximum absolute atomic E-state index is 11.8. The molecule has 0 spiro atoms. The monoisotopic (exact) mass is 222 g/mol. The summed E-state index contributed by atoms with van der Waals surface area (Å²) >= 11 is 0. The Hall–Kier alpha value is -1.78. The number of rotatable bonds is 0. The average Bonchev–Trinajstić information content (AvgIpc) is 2.66. The van der Waals surface area contributed by atoms with Gasteiger partial charge in [-0.15, -0.1) is 0 Å². The number of nitrogens with one attached hydrogen (secondary N) is 1. The summed E-state index contributed by atoms with van der Waals surface area (Å²) in [4.78, 5) is 27.5. The van der Waals surface area contributed by atoms with Crippen molar-refractivity contribution in [2.45, 2.75) is 26.4 Å². The molecule has 0 atom stereocenters. The smallest absolute Gasteiger partial charge is 0.415 e. The highest BCUT2D eigenvalue weighted by Crippen LogP contribution is 2.28. The SMILES string of the molecule is CC(C)(C)OC(=O)N1CC(=O)c2[nH]ccc21. The molecule has 0 fully saturated rings. The molecule has 2 rings (SSSR count). The number of amides is 1. The second-order valence-corrected chi connectivity index (χ2v) is 4.73. The minimum atomic E-state index is -0.556. The Morgan fingerprint density at radius 2 is 2.19 bits per heavy atom. The number of aromatic amines is 1. The van der Waals surface area contributed by atoms with Crippen LogP contribution in [0.4, 0.5) is 10.5 Å². The van der Waals surface area contributed by atoms with Crippen molar-refractivity contribution in [2.75, 3.05) is 11.4 Å². The van der Waals surface area contributed by atoms with Gasteiger partial charge in [0.1, 0.15) is 11.3 Å². The first-order chi connectivity index (χ1) is 7.38. The van der Waals surface area contributed by atoms with E-state index in [4.69, 9.17) is 4.74 Å². The summed E-state index contributed by atoms with van der Waals surface area (Å²) in [5.41, 5.74) is 0.518. The standard InChI is InChI=1S/C11H14N2O3/c1-11(2,3)16-10(15)13-6-8(14)9-7(13)4-5-12-9/h4-5,12H,6H2,1-3H3. The van der Waals surface area contributed by atoms with E-state index in [2.05, 4.69) is 4.98 Å². The highest BCUT2D eigenvalue weighted by atomic mass is 16.6. The van der Waals surface area contributed by atoms with E-state index in [1.165, 1.54) is 4.90 Å². The van der Waals surface area contributed by atoms with Crippen molar-refractivity contribution < 1.29 is 14.3 Å². The fourth-order valence-electron chi connectivity index (χ4n) is 1.60. The van der Waals surface area contributed by atoms with Gasteiger partial charge in [-0.25, -0.2) is 4.79 Å². The van der Waals surface area contributed by atoms with Crippen molar-refractivity contribution in [3.8, 4) is 0 Å². The Morgan fingerprint density at radius 3 is 2.81 bits per heavy atom. The molecule has 86 valence electrons. The lowest BCUT2D eigenvalue weighted by atomic mass is 10.2. The third-order valence-electron chi connectivity index (χ3n) is 2.21. The molecule has 2 heterocycles. The number of hydrogen-bond acceptors (Lipinski definition) is 3. The van der Waals surface area contributed by atoms with Gasteiger partial charge in [-0.3, -0.25) is 9.69 Å². The van der Waals surface area contributed by atoms with Crippen LogP contribution in [-0.2, 0) is 4.74 Å². The number of anilines is 1. The number of ketones is 1. The molecule has 1 N–H and O–H groups in total. The lowest BCUT2D eigenvalue weighted by Crippen LogP contribution is -2.36. The Balaban J connectivity index is 2.20. The molecule has 1 aliphatic heterocycles. The molecular formula is C11H14N2O3. The van der Waals surface area contributed by atoms with Gasteiger partial charge in [-0.05, 0) is 26.8 Å². The number of H-pyrrole nitrogens is 1. The van der Waals surface area contributed by atoms with Crippen LogP contribution in [-0.4, -0.2) is 29.0 Å². The molecule has 0 unspecified atom stereocenters. The lowest BCUT2D eigenvalue weighted by Gasteiger charge is -2.23. The van der Waals surface area contributed by atoms with E-state index < -0.39 is 11.7 Å². The number of aromatic nitrogens is 1. The Kier molecular flexibility index (Phi) is 2.26. The summed E-state index contributed by atoms with van der Waals surface area (Å²) in [5.74, 6) is -0.0918. The zero-order chi connectivity index (χ0) is 11.9. The summed E-state index contributed by atoms with van der Waals surface area (Å²) in [5, 5.41) is 0. The number of hydrogen-bond donors (Lipinski definition) is 1. The van der Waals surface area contributed by atoms with Gasteiger partial charge in [0.25, 0.3) is 0 Å². The molecule has 0 bridgehead atoms. The third kappa shape index (κ3) is 1.80. The zero-order valence-electron chi connectivity index (χ0n) is 9.53. The van der Waals surface area contributed by atoms with Gasteiger partial charge in [0.05, 0.1) is 12.2 Å². The van der Waals surface area contributed by atoms with Gasteiger partial charge in [0, 0.05) is 6.20 Å². The summed E-state index contributed by atoms with van der Waals surface area (Å²) in [7, 11) is 0. The summed E-state index contributed by atoms with van der Waals surface area (Å²) < 4.78 is 5.22. The summed E-state index contributed by atoms with van der Waals surface area (Å²) in [6.45, 7) is 5.43. The second-order valence-electron chi connectivity index (χ2n) is 4.73. The minimum Gasteiger partial charge on any atom is -0.443 e. The maximum Gasteiger partial charge on any atom is 0.415 e. The number of carbonyl (C=O) groups excluding carboxylic acids is 2. The van der Waals surface area contributed by atoms with Crippen LogP contribution in [0.15, 0.2) is 12.3 Å². The van der Waals surface area contributed by atoms with Crippen molar-refractivity contribution in [1.82, 2.24) is 4.98 Å². The molecule has 1 aliphatic rings. The molecule has 1 aromatic rings. The number of carbonyl (C=O) groups is 2. The van der Waals surface area contributed by atoms with Gasteiger partial charge < -0.3 is 9.72 Å². The number of Topliss-reactive ketones (excluding diaryl/α,β-unsaturated/α-hetero) is 1. The van der Waals surface area contributed by atoms with Crippen molar-refractivity contribution in [3.05, 3.63) is 18.0 Å². The lowest BCUT2D eigenvalue weighted by molar-refractivity contribution is 0.0579. The normalized spacial score (nSPS) is 15.2. The van der Waals surface area contributed by atoms with Gasteiger partial charge in [0.15, 0.2) is 0 Å². The molecule has 1 aromatic heterocycles. The largest absolute Gasteiger partial charge is 0.443 e. The van der Waals surface area contributed by atoms with E-state index in [0.717, 1.165) is 0 Å². The first-order valence-electron chi connectivity index (χ1n) is 5.09. The van der Waals surface area contributed by atoms with Crippen molar-refractivity contribution in [3.63, 3.8) is 0 Å². The Labute approximate surface area is 93.4 Å². The molecule has 0 radical (unpaired) electrons. The van der Waals surface area contributed by atoms with Crippen molar-refractivity contribution in [1.29, 1.82) is 0 Å². The van der Waals surface area contributed by atoms with Crippen LogP contribution in [0.2, 0.25) is 0 Å². The van der Waals surface area contributed by atoms with Crippen molar-refractivity contribution in [2.24, 2.45) is 0 Å². The molecule has 1 amide bonds. The van der Waals surface area contributed by atoms with Crippen LogP contribution in [0.1, 0.15) is 31.3 Å². The molecule has 0 saturated heterocycles. The number of ether oxygens (including phenoxy) is 1. The van der Waals surface area contributed by atoms with Crippen LogP contribution in [0, 0.1) is 0 Å². The molecule has 0 saturated carbocycles. The Morgan fingerprint density at radius 1 is 1.50 bits per heavy atom. The fourth-order valence-corrected chi connectivity index (χ4v) is 1.60. The Bertz CT molecular complexity index is 442. The predicted molar refractivity (Wildman–Crippen MR) is 58.7 cm³/mol. The molecule has 5 nitrogen and oxygen atoms in total. The van der Waals surface area contributed by atoms with E-state index in [1.54, 1.807) is 33.0 Å². The van der Waals surface area contributed by atoms with Gasteiger partial charge in [0.2, 0.25) is 5.78 Å². The van der Waals surface area contributed by atoms with Crippen LogP contribution in [0.3, 0.4) is 0 Å². The summed E-state index contributed by atoms with van der Waals surface area (Å²) in [6, 6.07) is 1.70. The number of fused-ring (bicyclic) bond motifs is 1. The maximum atomic E-state index is 11.8. The molecule has 0 aromatic carbocycles. The topological polar surface area (TPSA) is 62.4 Å². The molecule has 5 heteroatoms. The van der Waals surface area contributed by atoms with E-state index in [1.807, 2.05) is 0 Å². The predicted octanol–water partition coefficient (Wildman–Crippen LogP) is 1.95. The second kappa shape index (κ2) is 3.37. The third-order valence-corrected chi connectivity index (χ3v) is 2.21. The average molecular weight is 222 g/mol. The highest BCUT2D eigenvalue weighted by Gasteiger charge is 2.34. The molecular weight excluding hydrogens is 208 g/mol. The van der Waals surface area contributed by atoms with Crippen molar-refractivity contribution >= 4 is 17.6 Å². The molecule has 16 heavy (non-hydrogen) atoms. The van der Waals surface area contributed by atoms with Crippen LogP contribution >= 0.6 is 0 Å². The van der Waals surface area contributed by atoms with Gasteiger partial charge in [-0.2, -0.15) is 0 Å². The van der Waals surface area contributed by atoms with E-state index in [-0.39, 0.29) is 12.3 Å². The van der Waals surface area contributed by atoms with E-state index in [0.29, 0.717) is 11.4 Å². The minimum absolute atomic E-state index is 0.0525. The van der Waals surface area contributed by atoms with Gasteiger partial charge in [-0.1, -0.05) is 0 Å². The van der Waals surface area contributed by atoms with Crippen LogP contribution < -0.4 is 4.90 Å². The molecule has 0 aliphatic carbocycles. The van der Waals surface area contributed by atoms with Gasteiger partial charge >= 0.3 is 6.09 Å². The summed E-state index contributed by atoms with van der Waals surface area (Å²) in [6.07, 6.45) is 1.15. The quantitative estimate of drug-likeness (QED) is 0.729. The van der Waals surface area contributed by atoms with E-state index in [9.17, 15) is 9.59 Å². The highest BCUT2D eigenvalue weighted by molar-refractivity contribution is 6.13. The fraction of sp³-hybridized carbons (Fsp3) is 0.455.